The molecule has 0 atom stereocenters. The molecule has 0 saturated carbocycles. The Labute approximate surface area is 137 Å². The fraction of sp³-hybridized carbons (Fsp3) is 0.214. The number of nitrogens with one attached hydrogen (secondary N) is 2. The van der Waals surface area contributed by atoms with E-state index in [9.17, 15) is 21.6 Å². The van der Waals surface area contributed by atoms with Gasteiger partial charge in [-0.1, -0.05) is 12.1 Å². The highest BCUT2D eigenvalue weighted by Gasteiger charge is 2.33. The largest absolute Gasteiger partial charge is 0.418 e. The number of benzene rings is 1. The number of pyridine rings is 1. The average Bonchev–Trinajstić information content (AvgIpc) is 2.48. The molecule has 0 bridgehead atoms. The van der Waals surface area contributed by atoms with Crippen LogP contribution in [0.2, 0.25) is 0 Å². The zero-order valence-corrected chi connectivity index (χ0v) is 13.6. The molecule has 0 saturated heterocycles. The monoisotopic (exact) mass is 360 g/mol. The molecule has 2 rings (SSSR count). The minimum absolute atomic E-state index is 0.140. The van der Waals surface area contributed by atoms with Gasteiger partial charge in [0.25, 0.3) is 0 Å². The molecule has 0 aliphatic carbocycles. The van der Waals surface area contributed by atoms with Gasteiger partial charge in [0.05, 0.1) is 23.1 Å². The predicted molar refractivity (Wildman–Crippen MR) is 85.2 cm³/mol. The predicted octanol–water partition coefficient (Wildman–Crippen LogP) is 3.06. The Morgan fingerprint density at radius 2 is 1.75 bits per heavy atom. The third kappa shape index (κ3) is 4.36. The Kier molecular flexibility index (Phi) is 4.99. The molecule has 2 N–H and O–H groups in total. The highest BCUT2D eigenvalue weighted by atomic mass is 32.2. The Hall–Kier alpha value is -2.33. The van der Waals surface area contributed by atoms with Crippen molar-refractivity contribution in [3.63, 3.8) is 0 Å². The third-order valence-corrected chi connectivity index (χ3v) is 4.44. The standard InChI is InChI=1S/C14H15F3N4O2S/c1-21(2)24(22,23)20-10-7-8-13(18-9-10)19-12-6-4-3-5-11(12)14(15,16)17/h3-9,20H,1-2H3,(H,18,19). The average molecular weight is 360 g/mol. The fourth-order valence-electron chi connectivity index (χ4n) is 1.75. The molecular weight excluding hydrogens is 345 g/mol. The topological polar surface area (TPSA) is 74.3 Å². The second kappa shape index (κ2) is 6.65. The zero-order chi connectivity index (χ0) is 18.0. The first-order valence-corrected chi connectivity index (χ1v) is 8.13. The highest BCUT2D eigenvalue weighted by Crippen LogP contribution is 2.35. The molecule has 0 spiro atoms. The van der Waals surface area contributed by atoms with Crippen LogP contribution in [-0.4, -0.2) is 31.8 Å². The molecular formula is C14H15F3N4O2S. The van der Waals surface area contributed by atoms with Crippen LogP contribution in [0.25, 0.3) is 0 Å². The number of rotatable bonds is 5. The van der Waals surface area contributed by atoms with Crippen LogP contribution in [0.15, 0.2) is 42.6 Å². The van der Waals surface area contributed by atoms with Gasteiger partial charge in [0.2, 0.25) is 0 Å². The lowest BCUT2D eigenvalue weighted by atomic mass is 10.1. The number of hydrogen-bond donors (Lipinski definition) is 2. The lowest BCUT2D eigenvalue weighted by molar-refractivity contribution is -0.136. The highest BCUT2D eigenvalue weighted by molar-refractivity contribution is 7.90. The van der Waals surface area contributed by atoms with E-state index >= 15 is 0 Å². The lowest BCUT2D eigenvalue weighted by Gasteiger charge is -2.15. The Morgan fingerprint density at radius 1 is 1.08 bits per heavy atom. The summed E-state index contributed by atoms with van der Waals surface area (Å²) in [5.41, 5.74) is -0.762. The molecule has 1 aromatic carbocycles. The van der Waals surface area contributed by atoms with Crippen LogP contribution < -0.4 is 10.0 Å². The van der Waals surface area contributed by atoms with Crippen LogP contribution in [0.1, 0.15) is 5.56 Å². The summed E-state index contributed by atoms with van der Waals surface area (Å²) in [4.78, 5) is 3.92. The number of anilines is 3. The van der Waals surface area contributed by atoms with Crippen LogP contribution in [0.5, 0.6) is 0 Å². The third-order valence-electron chi connectivity index (χ3n) is 2.99. The van der Waals surface area contributed by atoms with E-state index in [1.165, 1.54) is 50.6 Å². The summed E-state index contributed by atoms with van der Waals surface area (Å²) in [5, 5.41) is 2.57. The molecule has 1 aromatic heterocycles. The molecule has 0 radical (unpaired) electrons. The fourth-order valence-corrected chi connectivity index (χ4v) is 2.35. The van der Waals surface area contributed by atoms with E-state index in [-0.39, 0.29) is 17.2 Å². The van der Waals surface area contributed by atoms with Crippen molar-refractivity contribution in [2.45, 2.75) is 6.18 Å². The van der Waals surface area contributed by atoms with Gasteiger partial charge in [0.15, 0.2) is 0 Å². The molecule has 2 aromatic rings. The minimum atomic E-state index is -4.50. The first kappa shape index (κ1) is 18.0. The van der Waals surface area contributed by atoms with Crippen LogP contribution in [0.3, 0.4) is 0 Å². The molecule has 0 fully saturated rings. The van der Waals surface area contributed by atoms with Crippen LogP contribution in [0, 0.1) is 0 Å². The van der Waals surface area contributed by atoms with Gasteiger partial charge >= 0.3 is 16.4 Å². The second-order valence-electron chi connectivity index (χ2n) is 4.99. The lowest BCUT2D eigenvalue weighted by Crippen LogP contribution is -2.28. The number of aromatic nitrogens is 1. The summed E-state index contributed by atoms with van der Waals surface area (Å²) < 4.78 is 65.4. The number of para-hydroxylation sites is 1. The van der Waals surface area contributed by atoms with Gasteiger partial charge in [0.1, 0.15) is 5.82 Å². The smallest absolute Gasteiger partial charge is 0.340 e. The molecule has 0 aliphatic heterocycles. The Bertz CT molecular complexity index is 806. The summed E-state index contributed by atoms with van der Waals surface area (Å²) in [6, 6.07) is 7.78. The summed E-state index contributed by atoms with van der Waals surface area (Å²) >= 11 is 0. The van der Waals surface area contributed by atoms with E-state index in [0.29, 0.717) is 0 Å². The van der Waals surface area contributed by atoms with Crippen molar-refractivity contribution >= 4 is 27.4 Å². The van der Waals surface area contributed by atoms with Gasteiger partial charge < -0.3 is 5.32 Å². The molecule has 0 unspecified atom stereocenters. The number of alkyl halides is 3. The van der Waals surface area contributed by atoms with Gasteiger partial charge in [0, 0.05) is 14.1 Å². The van der Waals surface area contributed by atoms with Crippen molar-refractivity contribution in [2.24, 2.45) is 0 Å². The SMILES string of the molecule is CN(C)S(=O)(=O)Nc1ccc(Nc2ccccc2C(F)(F)F)nc1. The maximum atomic E-state index is 12.9. The first-order chi connectivity index (χ1) is 11.1. The van der Waals surface area contributed by atoms with Crippen molar-refractivity contribution in [1.29, 1.82) is 0 Å². The van der Waals surface area contributed by atoms with E-state index in [1.807, 2.05) is 0 Å². The maximum Gasteiger partial charge on any atom is 0.418 e. The number of nitrogens with zero attached hydrogens (tertiary/aromatic N) is 2. The molecule has 0 amide bonds. The minimum Gasteiger partial charge on any atom is -0.340 e. The summed E-state index contributed by atoms with van der Waals surface area (Å²) in [6.45, 7) is 0. The van der Waals surface area contributed by atoms with E-state index in [1.54, 1.807) is 0 Å². The van der Waals surface area contributed by atoms with E-state index in [2.05, 4.69) is 15.0 Å². The summed E-state index contributed by atoms with van der Waals surface area (Å²) in [6.07, 6.45) is -3.29. The normalized spacial score (nSPS) is 12.2. The molecule has 24 heavy (non-hydrogen) atoms. The summed E-state index contributed by atoms with van der Waals surface area (Å²) in [7, 11) is -0.953. The van der Waals surface area contributed by atoms with Crippen molar-refractivity contribution in [1.82, 2.24) is 9.29 Å². The van der Waals surface area contributed by atoms with Crippen molar-refractivity contribution in [3.05, 3.63) is 48.2 Å². The van der Waals surface area contributed by atoms with Gasteiger partial charge in [-0.2, -0.15) is 25.9 Å². The van der Waals surface area contributed by atoms with Crippen LogP contribution in [-0.2, 0) is 16.4 Å². The van der Waals surface area contributed by atoms with Crippen molar-refractivity contribution in [2.75, 3.05) is 24.1 Å². The van der Waals surface area contributed by atoms with Crippen LogP contribution in [0.4, 0.5) is 30.4 Å². The van der Waals surface area contributed by atoms with E-state index < -0.39 is 21.9 Å². The Balaban J connectivity index is 2.19. The first-order valence-electron chi connectivity index (χ1n) is 6.69. The Morgan fingerprint density at radius 3 is 2.29 bits per heavy atom. The van der Waals surface area contributed by atoms with E-state index in [4.69, 9.17) is 0 Å². The molecule has 6 nitrogen and oxygen atoms in total. The van der Waals surface area contributed by atoms with Crippen molar-refractivity contribution in [3.8, 4) is 0 Å². The van der Waals surface area contributed by atoms with Crippen molar-refractivity contribution < 1.29 is 21.6 Å². The van der Waals surface area contributed by atoms with Gasteiger partial charge in [-0.15, -0.1) is 0 Å². The quantitative estimate of drug-likeness (QED) is 0.859. The zero-order valence-electron chi connectivity index (χ0n) is 12.8. The van der Waals surface area contributed by atoms with Gasteiger partial charge in [-0.25, -0.2) is 4.98 Å². The molecule has 0 aliphatic rings. The van der Waals surface area contributed by atoms with Gasteiger partial charge in [-0.05, 0) is 24.3 Å². The number of halogens is 3. The molecule has 130 valence electrons. The van der Waals surface area contributed by atoms with Gasteiger partial charge in [-0.3, -0.25) is 4.72 Å². The maximum absolute atomic E-state index is 12.9. The molecule has 1 heterocycles. The summed E-state index contributed by atoms with van der Waals surface area (Å²) in [5.74, 6) is 0.152. The molecule has 10 heteroatoms. The van der Waals surface area contributed by atoms with E-state index in [0.717, 1.165) is 10.4 Å². The number of hydrogen-bond acceptors (Lipinski definition) is 4. The second-order valence-corrected chi connectivity index (χ2v) is 6.87. The van der Waals surface area contributed by atoms with Crippen LogP contribution >= 0.6 is 0 Å².